The second-order valence-corrected chi connectivity index (χ2v) is 2.47. The molecule has 1 aromatic carbocycles. The van der Waals surface area contributed by atoms with Crippen molar-refractivity contribution < 1.29 is 13.5 Å². The summed E-state index contributed by atoms with van der Waals surface area (Å²) in [4.78, 5) is 0. The Kier molecular flexibility index (Phi) is 2.72. The van der Waals surface area contributed by atoms with Crippen molar-refractivity contribution in [2.75, 3.05) is 11.5 Å². The summed E-state index contributed by atoms with van der Waals surface area (Å²) in [5.41, 5.74) is 10.9. The topological polar surface area (TPSA) is 85.1 Å². The van der Waals surface area contributed by atoms with Crippen LogP contribution in [-0.4, -0.2) is 6.61 Å². The van der Waals surface area contributed by atoms with E-state index in [4.69, 9.17) is 16.7 Å². The number of nitrogens with zero attached hydrogens (tertiary/aromatic N) is 1. The van der Waals surface area contributed by atoms with Crippen LogP contribution in [0.4, 0.5) is 20.2 Å². The maximum absolute atomic E-state index is 11.8. The highest BCUT2D eigenvalue weighted by molar-refractivity contribution is 5.70. The highest BCUT2D eigenvalue weighted by Crippen LogP contribution is 2.26. The van der Waals surface area contributed by atoms with Gasteiger partial charge in [0.05, 0.1) is 16.9 Å². The largest absolute Gasteiger partial charge is 0.435 e. The van der Waals surface area contributed by atoms with Crippen LogP contribution in [0.25, 0.3) is 0 Å². The summed E-state index contributed by atoms with van der Waals surface area (Å²) >= 11 is 0. The van der Waals surface area contributed by atoms with Crippen LogP contribution in [0.1, 0.15) is 5.56 Å². The molecule has 0 atom stereocenters. The minimum atomic E-state index is -2.94. The maximum atomic E-state index is 11.8. The van der Waals surface area contributed by atoms with Gasteiger partial charge in [-0.2, -0.15) is 14.0 Å². The van der Waals surface area contributed by atoms with E-state index in [1.54, 1.807) is 6.07 Å². The van der Waals surface area contributed by atoms with Crippen molar-refractivity contribution in [3.05, 3.63) is 17.7 Å². The second-order valence-electron chi connectivity index (χ2n) is 2.47. The number of benzene rings is 1. The predicted octanol–water partition coefficient (Wildman–Crippen LogP) is 1.32. The van der Waals surface area contributed by atoms with Crippen LogP contribution in [0.2, 0.25) is 0 Å². The third-order valence-corrected chi connectivity index (χ3v) is 1.51. The van der Waals surface area contributed by atoms with Gasteiger partial charge in [-0.3, -0.25) is 0 Å². The van der Waals surface area contributed by atoms with E-state index >= 15 is 0 Å². The lowest BCUT2D eigenvalue weighted by atomic mass is 10.1. The molecule has 0 aliphatic carbocycles. The third-order valence-electron chi connectivity index (χ3n) is 1.51. The van der Waals surface area contributed by atoms with E-state index in [0.717, 1.165) is 12.1 Å². The average molecular weight is 199 g/mol. The summed E-state index contributed by atoms with van der Waals surface area (Å²) in [6.07, 6.45) is 0. The van der Waals surface area contributed by atoms with Crippen molar-refractivity contribution in [1.29, 1.82) is 5.26 Å². The standard InChI is InChI=1S/C8H7F2N3O/c9-8(10)14-4-1-6(12)5(3-11)7(13)2-4/h1-2,8H,12-13H2. The molecule has 0 aromatic heterocycles. The third kappa shape index (κ3) is 2.01. The van der Waals surface area contributed by atoms with E-state index in [1.807, 2.05) is 0 Å². The van der Waals surface area contributed by atoms with Crippen LogP contribution < -0.4 is 16.2 Å². The summed E-state index contributed by atoms with van der Waals surface area (Å²) in [5, 5.41) is 8.57. The molecule has 0 aliphatic heterocycles. The molecule has 0 amide bonds. The highest BCUT2D eigenvalue weighted by Gasteiger charge is 2.09. The van der Waals surface area contributed by atoms with E-state index in [-0.39, 0.29) is 22.7 Å². The van der Waals surface area contributed by atoms with Gasteiger partial charge < -0.3 is 16.2 Å². The molecule has 0 saturated carbocycles. The number of rotatable bonds is 2. The van der Waals surface area contributed by atoms with Gasteiger partial charge in [-0.1, -0.05) is 0 Å². The first-order valence-electron chi connectivity index (χ1n) is 3.58. The molecule has 0 radical (unpaired) electrons. The van der Waals surface area contributed by atoms with Crippen molar-refractivity contribution >= 4 is 11.4 Å². The normalized spacial score (nSPS) is 9.86. The zero-order valence-electron chi connectivity index (χ0n) is 7.00. The molecule has 0 heterocycles. The average Bonchev–Trinajstić information content (AvgIpc) is 2.01. The molecule has 0 aliphatic rings. The fraction of sp³-hybridized carbons (Fsp3) is 0.125. The van der Waals surface area contributed by atoms with E-state index in [9.17, 15) is 8.78 Å². The first kappa shape index (κ1) is 10.1. The Morgan fingerprint density at radius 2 is 1.79 bits per heavy atom. The molecule has 6 heteroatoms. The summed E-state index contributed by atoms with van der Waals surface area (Å²) < 4.78 is 27.7. The van der Waals surface area contributed by atoms with Crippen molar-refractivity contribution in [3.63, 3.8) is 0 Å². The summed E-state index contributed by atoms with van der Waals surface area (Å²) in [5.74, 6) is -0.158. The fourth-order valence-corrected chi connectivity index (χ4v) is 0.959. The van der Waals surface area contributed by atoms with E-state index < -0.39 is 6.61 Å². The monoisotopic (exact) mass is 199 g/mol. The van der Waals surface area contributed by atoms with Crippen molar-refractivity contribution in [3.8, 4) is 11.8 Å². The zero-order valence-corrected chi connectivity index (χ0v) is 7.00. The van der Waals surface area contributed by atoms with Crippen LogP contribution in [0.5, 0.6) is 5.75 Å². The number of nitrogens with two attached hydrogens (primary N) is 2. The maximum Gasteiger partial charge on any atom is 0.387 e. The molecular formula is C8H7F2N3O. The van der Waals surface area contributed by atoms with Gasteiger partial charge >= 0.3 is 6.61 Å². The lowest BCUT2D eigenvalue weighted by molar-refractivity contribution is -0.0497. The fourth-order valence-electron chi connectivity index (χ4n) is 0.959. The van der Waals surface area contributed by atoms with Crippen LogP contribution in [0, 0.1) is 11.3 Å². The van der Waals surface area contributed by atoms with Crippen molar-refractivity contribution in [2.45, 2.75) is 6.61 Å². The number of nitrogen functional groups attached to an aromatic ring is 2. The summed E-state index contributed by atoms with van der Waals surface area (Å²) in [6, 6.07) is 4.00. The minimum absolute atomic E-state index is 0.0168. The van der Waals surface area contributed by atoms with Gasteiger partial charge in [0.2, 0.25) is 0 Å². The van der Waals surface area contributed by atoms with Crippen LogP contribution in [-0.2, 0) is 0 Å². The molecule has 0 fully saturated rings. The quantitative estimate of drug-likeness (QED) is 0.703. The number of nitriles is 1. The Balaban J connectivity index is 3.09. The first-order valence-corrected chi connectivity index (χ1v) is 3.58. The molecule has 0 bridgehead atoms. The van der Waals surface area contributed by atoms with Gasteiger partial charge in [-0.15, -0.1) is 0 Å². The van der Waals surface area contributed by atoms with Gasteiger partial charge in [0, 0.05) is 12.1 Å². The predicted molar refractivity (Wildman–Crippen MR) is 46.6 cm³/mol. The van der Waals surface area contributed by atoms with Crippen LogP contribution in [0.3, 0.4) is 0 Å². The van der Waals surface area contributed by atoms with Gasteiger partial charge in [-0.25, -0.2) is 0 Å². The Labute approximate surface area is 78.7 Å². The van der Waals surface area contributed by atoms with Crippen molar-refractivity contribution in [2.24, 2.45) is 0 Å². The second kappa shape index (κ2) is 3.79. The Morgan fingerprint density at radius 1 is 1.29 bits per heavy atom. The number of ether oxygens (including phenoxy) is 1. The number of alkyl halides is 2. The summed E-state index contributed by atoms with van der Waals surface area (Å²) in [7, 11) is 0. The first-order chi connectivity index (χ1) is 6.54. The summed E-state index contributed by atoms with van der Waals surface area (Å²) in [6.45, 7) is -2.94. The van der Waals surface area contributed by atoms with Crippen LogP contribution in [0.15, 0.2) is 12.1 Å². The van der Waals surface area contributed by atoms with Gasteiger partial charge in [-0.05, 0) is 0 Å². The van der Waals surface area contributed by atoms with E-state index in [2.05, 4.69) is 4.74 Å². The van der Waals surface area contributed by atoms with E-state index in [0.29, 0.717) is 0 Å². The molecule has 0 saturated heterocycles. The molecule has 74 valence electrons. The Morgan fingerprint density at radius 3 is 2.14 bits per heavy atom. The zero-order chi connectivity index (χ0) is 10.7. The lowest BCUT2D eigenvalue weighted by Crippen LogP contribution is -2.04. The number of hydrogen-bond acceptors (Lipinski definition) is 4. The smallest absolute Gasteiger partial charge is 0.387 e. The van der Waals surface area contributed by atoms with Gasteiger partial charge in [0.1, 0.15) is 11.8 Å². The molecule has 0 unspecified atom stereocenters. The number of anilines is 2. The molecule has 0 spiro atoms. The molecule has 1 rings (SSSR count). The van der Waals surface area contributed by atoms with Gasteiger partial charge in [0.25, 0.3) is 0 Å². The van der Waals surface area contributed by atoms with Gasteiger partial charge in [0.15, 0.2) is 0 Å². The number of halogens is 2. The number of hydrogen-bond donors (Lipinski definition) is 2. The SMILES string of the molecule is N#Cc1c(N)cc(OC(F)F)cc1N. The molecule has 4 nitrogen and oxygen atoms in total. The van der Waals surface area contributed by atoms with Crippen LogP contribution >= 0.6 is 0 Å². The molecule has 1 aromatic rings. The molecular weight excluding hydrogens is 192 g/mol. The lowest BCUT2D eigenvalue weighted by Gasteiger charge is -2.07. The molecule has 4 N–H and O–H groups in total. The Bertz CT molecular complexity index is 364. The molecule has 14 heavy (non-hydrogen) atoms. The highest BCUT2D eigenvalue weighted by atomic mass is 19.3. The Hall–Kier alpha value is -2.03. The van der Waals surface area contributed by atoms with Crippen molar-refractivity contribution in [1.82, 2.24) is 0 Å². The minimum Gasteiger partial charge on any atom is -0.435 e. The van der Waals surface area contributed by atoms with E-state index in [1.165, 1.54) is 0 Å².